The van der Waals surface area contributed by atoms with Crippen LogP contribution in [0.3, 0.4) is 0 Å². The van der Waals surface area contributed by atoms with Gasteiger partial charge in [0.15, 0.2) is 0 Å². The van der Waals surface area contributed by atoms with E-state index in [1.54, 1.807) is 49.6 Å². The predicted molar refractivity (Wildman–Crippen MR) is 109 cm³/mol. The van der Waals surface area contributed by atoms with Crippen LogP contribution in [0.15, 0.2) is 65.6 Å². The number of hydrogen-bond donors (Lipinski definition) is 2. The molecule has 152 valence electrons. The fourth-order valence-corrected chi connectivity index (χ4v) is 3.16. The summed E-state index contributed by atoms with van der Waals surface area (Å²) in [4.78, 5) is 16.4. The van der Waals surface area contributed by atoms with E-state index in [-0.39, 0.29) is 24.9 Å². The normalized spacial score (nSPS) is 10.9. The van der Waals surface area contributed by atoms with Crippen molar-refractivity contribution < 1.29 is 18.8 Å². The predicted octanol–water partition coefficient (Wildman–Crippen LogP) is 3.36. The molecule has 2 heterocycles. The SMILES string of the molecule is Cc1onc(-c2cccc(F)c2)c1-c1cn(-c2ccc(C(=O)NCCO)cc2)cn1. The van der Waals surface area contributed by atoms with E-state index in [0.717, 1.165) is 5.69 Å². The molecule has 7 nitrogen and oxygen atoms in total. The number of hydrogen-bond acceptors (Lipinski definition) is 5. The molecule has 0 spiro atoms. The van der Waals surface area contributed by atoms with Crippen LogP contribution in [0.25, 0.3) is 28.2 Å². The third-order valence-electron chi connectivity index (χ3n) is 4.62. The molecule has 1 amide bonds. The Labute approximate surface area is 171 Å². The summed E-state index contributed by atoms with van der Waals surface area (Å²) in [7, 11) is 0. The van der Waals surface area contributed by atoms with Crippen molar-refractivity contribution in [2.75, 3.05) is 13.2 Å². The zero-order chi connectivity index (χ0) is 21.1. The van der Waals surface area contributed by atoms with Crippen LogP contribution >= 0.6 is 0 Å². The first-order valence-electron chi connectivity index (χ1n) is 9.33. The third kappa shape index (κ3) is 3.85. The first-order valence-corrected chi connectivity index (χ1v) is 9.33. The number of benzene rings is 2. The van der Waals surface area contributed by atoms with Crippen molar-refractivity contribution in [1.82, 2.24) is 20.0 Å². The van der Waals surface area contributed by atoms with Gasteiger partial charge in [-0.15, -0.1) is 0 Å². The highest BCUT2D eigenvalue weighted by molar-refractivity contribution is 5.94. The molecule has 0 unspecified atom stereocenters. The van der Waals surface area contributed by atoms with Gasteiger partial charge in [-0.1, -0.05) is 17.3 Å². The molecule has 0 aliphatic heterocycles. The Balaban J connectivity index is 1.63. The van der Waals surface area contributed by atoms with Crippen molar-refractivity contribution in [3.63, 3.8) is 0 Å². The number of aliphatic hydroxyl groups is 1. The minimum absolute atomic E-state index is 0.110. The number of carbonyl (C=O) groups excluding carboxylic acids is 1. The molecule has 0 aliphatic carbocycles. The Hall–Kier alpha value is -3.78. The van der Waals surface area contributed by atoms with Gasteiger partial charge in [-0.3, -0.25) is 4.79 Å². The van der Waals surface area contributed by atoms with Crippen LogP contribution in [0.1, 0.15) is 16.1 Å². The van der Waals surface area contributed by atoms with E-state index in [0.29, 0.717) is 33.8 Å². The van der Waals surface area contributed by atoms with Crippen LogP contribution in [-0.2, 0) is 0 Å². The van der Waals surface area contributed by atoms with Gasteiger partial charge in [0.2, 0.25) is 0 Å². The Bertz CT molecular complexity index is 1180. The highest BCUT2D eigenvalue weighted by atomic mass is 19.1. The number of carbonyl (C=O) groups is 1. The maximum atomic E-state index is 13.7. The largest absolute Gasteiger partial charge is 0.395 e. The van der Waals surface area contributed by atoms with Gasteiger partial charge in [0.25, 0.3) is 5.91 Å². The second kappa shape index (κ2) is 8.30. The number of amides is 1. The van der Waals surface area contributed by atoms with E-state index >= 15 is 0 Å². The lowest BCUT2D eigenvalue weighted by atomic mass is 10.0. The molecule has 2 aromatic heterocycles. The Morgan fingerprint density at radius 2 is 2.03 bits per heavy atom. The molecular weight excluding hydrogens is 387 g/mol. The minimum atomic E-state index is -0.354. The standard InChI is InChI=1S/C22H19FN4O3/c1-14-20(21(26-30-14)16-3-2-4-17(23)11-16)19-12-27(13-25-19)18-7-5-15(6-8-18)22(29)24-9-10-28/h2-8,11-13,28H,9-10H2,1H3,(H,24,29). The summed E-state index contributed by atoms with van der Waals surface area (Å²) >= 11 is 0. The van der Waals surface area contributed by atoms with Crippen molar-refractivity contribution >= 4 is 5.91 Å². The molecule has 4 rings (SSSR count). The number of aliphatic hydroxyl groups excluding tert-OH is 1. The second-order valence-corrected chi connectivity index (χ2v) is 6.67. The monoisotopic (exact) mass is 406 g/mol. The van der Waals surface area contributed by atoms with Gasteiger partial charge < -0.3 is 19.5 Å². The lowest BCUT2D eigenvalue weighted by Gasteiger charge is -2.05. The molecule has 4 aromatic rings. The quantitative estimate of drug-likeness (QED) is 0.512. The van der Waals surface area contributed by atoms with Crippen LogP contribution in [0, 0.1) is 12.7 Å². The lowest BCUT2D eigenvalue weighted by Crippen LogP contribution is -2.26. The van der Waals surface area contributed by atoms with Gasteiger partial charge >= 0.3 is 0 Å². The molecule has 30 heavy (non-hydrogen) atoms. The van der Waals surface area contributed by atoms with E-state index in [2.05, 4.69) is 15.5 Å². The molecule has 0 saturated carbocycles. The average molecular weight is 406 g/mol. The molecule has 2 aromatic carbocycles. The van der Waals surface area contributed by atoms with Gasteiger partial charge in [0.05, 0.1) is 24.2 Å². The topological polar surface area (TPSA) is 93.2 Å². The number of aryl methyl sites for hydroxylation is 1. The van der Waals surface area contributed by atoms with E-state index in [1.165, 1.54) is 12.1 Å². The molecule has 0 aliphatic rings. The molecular formula is C22H19FN4O3. The molecule has 0 radical (unpaired) electrons. The fourth-order valence-electron chi connectivity index (χ4n) is 3.16. The van der Waals surface area contributed by atoms with E-state index in [4.69, 9.17) is 9.63 Å². The lowest BCUT2D eigenvalue weighted by molar-refractivity contribution is 0.0945. The summed E-state index contributed by atoms with van der Waals surface area (Å²) < 4.78 is 20.8. The first kappa shape index (κ1) is 19.5. The summed E-state index contributed by atoms with van der Waals surface area (Å²) in [5.41, 5.74) is 3.77. The van der Waals surface area contributed by atoms with Crippen LogP contribution in [0.4, 0.5) is 4.39 Å². The Morgan fingerprint density at radius 1 is 1.23 bits per heavy atom. The molecule has 8 heteroatoms. The third-order valence-corrected chi connectivity index (χ3v) is 4.62. The van der Waals surface area contributed by atoms with Gasteiger partial charge in [-0.05, 0) is 43.3 Å². The summed E-state index contributed by atoms with van der Waals surface area (Å²) in [5.74, 6) is -0.0232. The zero-order valence-corrected chi connectivity index (χ0v) is 16.2. The van der Waals surface area contributed by atoms with Gasteiger partial charge in [0, 0.05) is 29.6 Å². The summed E-state index contributed by atoms with van der Waals surface area (Å²) in [6, 6.07) is 13.2. The van der Waals surface area contributed by atoms with Gasteiger partial charge in [0.1, 0.15) is 17.3 Å². The number of nitrogens with zero attached hydrogens (tertiary/aromatic N) is 3. The van der Waals surface area contributed by atoms with Crippen LogP contribution in [0.5, 0.6) is 0 Å². The maximum absolute atomic E-state index is 13.7. The highest BCUT2D eigenvalue weighted by Crippen LogP contribution is 2.33. The number of rotatable bonds is 6. The average Bonchev–Trinajstić information content (AvgIpc) is 3.38. The molecule has 0 atom stereocenters. The molecule has 0 saturated heterocycles. The van der Waals surface area contributed by atoms with Crippen LogP contribution in [-0.4, -0.2) is 38.9 Å². The summed E-state index contributed by atoms with van der Waals surface area (Å²) in [6.45, 7) is 1.88. The van der Waals surface area contributed by atoms with E-state index in [1.807, 2.05) is 10.8 Å². The Kier molecular flexibility index (Phi) is 5.40. The number of halogens is 1. The van der Waals surface area contributed by atoms with Crippen molar-refractivity contribution in [3.05, 3.63) is 78.2 Å². The highest BCUT2D eigenvalue weighted by Gasteiger charge is 2.19. The van der Waals surface area contributed by atoms with Gasteiger partial charge in [-0.25, -0.2) is 9.37 Å². The van der Waals surface area contributed by atoms with Crippen LogP contribution in [0.2, 0.25) is 0 Å². The smallest absolute Gasteiger partial charge is 0.251 e. The first-order chi connectivity index (χ1) is 14.6. The van der Waals surface area contributed by atoms with Crippen molar-refractivity contribution in [2.24, 2.45) is 0 Å². The van der Waals surface area contributed by atoms with Crippen molar-refractivity contribution in [1.29, 1.82) is 0 Å². The van der Waals surface area contributed by atoms with Crippen molar-refractivity contribution in [3.8, 4) is 28.2 Å². The van der Waals surface area contributed by atoms with Gasteiger partial charge in [-0.2, -0.15) is 0 Å². The number of nitrogens with one attached hydrogen (secondary N) is 1. The minimum Gasteiger partial charge on any atom is -0.395 e. The fraction of sp³-hybridized carbons (Fsp3) is 0.136. The summed E-state index contributed by atoms with van der Waals surface area (Å²) in [6.07, 6.45) is 3.47. The second-order valence-electron chi connectivity index (χ2n) is 6.67. The number of aromatic nitrogens is 3. The molecule has 2 N–H and O–H groups in total. The molecule has 0 fully saturated rings. The summed E-state index contributed by atoms with van der Waals surface area (Å²) in [5, 5.41) is 15.5. The van der Waals surface area contributed by atoms with E-state index in [9.17, 15) is 9.18 Å². The maximum Gasteiger partial charge on any atom is 0.251 e. The Morgan fingerprint density at radius 3 is 2.77 bits per heavy atom. The van der Waals surface area contributed by atoms with E-state index < -0.39 is 0 Å². The molecule has 0 bridgehead atoms. The van der Waals surface area contributed by atoms with Crippen molar-refractivity contribution in [2.45, 2.75) is 6.92 Å². The number of imidazole rings is 1. The van der Waals surface area contributed by atoms with Crippen LogP contribution < -0.4 is 5.32 Å². The zero-order valence-electron chi connectivity index (χ0n) is 16.2.